The molecule has 3 heteroatoms. The highest BCUT2D eigenvalue weighted by Crippen LogP contribution is 2.33. The summed E-state index contributed by atoms with van der Waals surface area (Å²) in [5.41, 5.74) is 0.864. The quantitative estimate of drug-likeness (QED) is 0.836. The van der Waals surface area contributed by atoms with Crippen LogP contribution in [0.4, 0.5) is 4.39 Å². The van der Waals surface area contributed by atoms with E-state index in [1.54, 1.807) is 12.1 Å². The molecule has 1 aliphatic rings. The third-order valence-electron chi connectivity index (χ3n) is 4.21. The van der Waals surface area contributed by atoms with Gasteiger partial charge < -0.3 is 5.32 Å². The van der Waals surface area contributed by atoms with Gasteiger partial charge in [0.1, 0.15) is 5.82 Å². The van der Waals surface area contributed by atoms with Crippen molar-refractivity contribution in [2.45, 2.75) is 39.0 Å². The predicted molar refractivity (Wildman–Crippen MR) is 81.8 cm³/mol. The highest BCUT2D eigenvalue weighted by Gasteiger charge is 2.25. The van der Waals surface area contributed by atoms with Crippen LogP contribution in [0.1, 0.15) is 38.2 Å². The van der Waals surface area contributed by atoms with Crippen LogP contribution in [-0.4, -0.2) is 13.1 Å². The fraction of sp³-hybridized carbons (Fsp3) is 0.625. The van der Waals surface area contributed by atoms with Gasteiger partial charge >= 0.3 is 0 Å². The predicted octanol–water partition coefficient (Wildman–Crippen LogP) is 4.55. The van der Waals surface area contributed by atoms with Crippen molar-refractivity contribution in [2.24, 2.45) is 11.8 Å². The summed E-state index contributed by atoms with van der Waals surface area (Å²) in [7, 11) is 0. The van der Waals surface area contributed by atoms with E-state index in [2.05, 4.69) is 28.2 Å². The maximum Gasteiger partial charge on any atom is 0.126 e. The van der Waals surface area contributed by atoms with Crippen LogP contribution in [0, 0.1) is 17.7 Å². The molecule has 0 spiro atoms. The summed E-state index contributed by atoms with van der Waals surface area (Å²) in [6.45, 7) is 4.25. The molecule has 0 aromatic heterocycles. The molecule has 1 aliphatic carbocycles. The zero-order chi connectivity index (χ0) is 13.7. The van der Waals surface area contributed by atoms with Crippen LogP contribution < -0.4 is 5.32 Å². The Kier molecular flexibility index (Phi) is 5.83. The average Bonchev–Trinajstić information content (AvgIpc) is 2.42. The summed E-state index contributed by atoms with van der Waals surface area (Å²) in [6, 6.07) is 5.28. The van der Waals surface area contributed by atoms with Crippen molar-refractivity contribution in [1.82, 2.24) is 5.32 Å². The summed E-state index contributed by atoms with van der Waals surface area (Å²) in [6.07, 6.45) is 6.02. The van der Waals surface area contributed by atoms with E-state index in [9.17, 15) is 4.39 Å². The topological polar surface area (TPSA) is 12.0 Å². The van der Waals surface area contributed by atoms with Gasteiger partial charge in [0.05, 0.1) is 0 Å². The van der Waals surface area contributed by atoms with Crippen molar-refractivity contribution in [1.29, 1.82) is 0 Å². The normalized spacial score (nSPS) is 23.5. The smallest absolute Gasteiger partial charge is 0.126 e. The molecule has 1 aromatic rings. The van der Waals surface area contributed by atoms with Crippen molar-refractivity contribution < 1.29 is 4.39 Å². The maximum absolute atomic E-state index is 13.9. The van der Waals surface area contributed by atoms with Crippen LogP contribution in [0.15, 0.2) is 22.7 Å². The molecule has 2 atom stereocenters. The van der Waals surface area contributed by atoms with Crippen molar-refractivity contribution in [3.05, 3.63) is 34.1 Å². The Labute approximate surface area is 124 Å². The Balaban J connectivity index is 2.04. The van der Waals surface area contributed by atoms with Crippen LogP contribution >= 0.6 is 15.9 Å². The number of halogens is 2. The van der Waals surface area contributed by atoms with Gasteiger partial charge in [0.25, 0.3) is 0 Å². The molecule has 0 amide bonds. The lowest BCUT2D eigenvalue weighted by Crippen LogP contribution is -2.31. The summed E-state index contributed by atoms with van der Waals surface area (Å²) in [5.74, 6) is 1.26. The lowest BCUT2D eigenvalue weighted by molar-refractivity contribution is 0.228. The van der Waals surface area contributed by atoms with Gasteiger partial charge in [0.15, 0.2) is 0 Å². The zero-order valence-electron chi connectivity index (χ0n) is 11.6. The van der Waals surface area contributed by atoms with Crippen LogP contribution in [0.5, 0.6) is 0 Å². The second-order valence-corrected chi connectivity index (χ2v) is 6.47. The van der Waals surface area contributed by atoms with Crippen LogP contribution in [0.3, 0.4) is 0 Å². The second-order valence-electron chi connectivity index (χ2n) is 5.55. The first-order valence-electron chi connectivity index (χ1n) is 7.35. The first-order chi connectivity index (χ1) is 9.20. The van der Waals surface area contributed by atoms with Gasteiger partial charge in [-0.05, 0) is 68.0 Å². The van der Waals surface area contributed by atoms with Gasteiger partial charge in [0, 0.05) is 4.47 Å². The fourth-order valence-corrected chi connectivity index (χ4v) is 3.54. The molecule has 0 saturated heterocycles. The molecule has 2 unspecified atom stereocenters. The van der Waals surface area contributed by atoms with Gasteiger partial charge in [-0.2, -0.15) is 0 Å². The minimum absolute atomic E-state index is 0.0593. The zero-order valence-corrected chi connectivity index (χ0v) is 13.2. The number of rotatable bonds is 5. The molecule has 0 radical (unpaired) electrons. The highest BCUT2D eigenvalue weighted by atomic mass is 79.9. The fourth-order valence-electron chi connectivity index (χ4n) is 3.13. The molecule has 106 valence electrons. The summed E-state index contributed by atoms with van der Waals surface area (Å²) in [5, 5.41) is 3.46. The standard InChI is InChI=1S/C16H23BrFN/c1-2-19-11-13-6-4-3-5-12(13)9-14-10-15(17)7-8-16(14)18/h7-8,10,12-13,19H,2-6,9,11H2,1H3. The van der Waals surface area contributed by atoms with Crippen molar-refractivity contribution in [3.63, 3.8) is 0 Å². The summed E-state index contributed by atoms with van der Waals surface area (Å²) < 4.78 is 14.8. The van der Waals surface area contributed by atoms with Crippen LogP contribution in [-0.2, 0) is 6.42 Å². The molecule has 0 aliphatic heterocycles. The summed E-state index contributed by atoms with van der Waals surface area (Å²) in [4.78, 5) is 0. The Bertz CT molecular complexity index is 408. The van der Waals surface area contributed by atoms with Gasteiger partial charge in [-0.15, -0.1) is 0 Å². The van der Waals surface area contributed by atoms with E-state index in [1.165, 1.54) is 25.7 Å². The Morgan fingerprint density at radius 1 is 1.26 bits per heavy atom. The largest absolute Gasteiger partial charge is 0.317 e. The van der Waals surface area contributed by atoms with Gasteiger partial charge in [0.2, 0.25) is 0 Å². The molecule has 0 heterocycles. The number of hydrogen-bond donors (Lipinski definition) is 1. The van der Waals surface area contributed by atoms with E-state index in [1.807, 2.05) is 6.07 Å². The first-order valence-corrected chi connectivity index (χ1v) is 8.14. The minimum Gasteiger partial charge on any atom is -0.317 e. The van der Waals surface area contributed by atoms with Crippen molar-refractivity contribution in [2.75, 3.05) is 13.1 Å². The Morgan fingerprint density at radius 3 is 2.74 bits per heavy atom. The third-order valence-corrected chi connectivity index (χ3v) is 4.71. The number of benzene rings is 1. The monoisotopic (exact) mass is 327 g/mol. The van der Waals surface area contributed by atoms with Gasteiger partial charge in [-0.3, -0.25) is 0 Å². The van der Waals surface area contributed by atoms with E-state index in [0.29, 0.717) is 11.8 Å². The molecule has 1 fully saturated rings. The number of nitrogens with one attached hydrogen (secondary N) is 1. The van der Waals surface area contributed by atoms with Crippen LogP contribution in [0.2, 0.25) is 0 Å². The molecular weight excluding hydrogens is 305 g/mol. The number of hydrogen-bond acceptors (Lipinski definition) is 1. The molecule has 0 bridgehead atoms. The van der Waals surface area contributed by atoms with Crippen molar-refractivity contribution in [3.8, 4) is 0 Å². The van der Waals surface area contributed by atoms with Gasteiger partial charge in [-0.1, -0.05) is 35.7 Å². The van der Waals surface area contributed by atoms with E-state index >= 15 is 0 Å². The lowest BCUT2D eigenvalue weighted by atomic mass is 9.76. The summed E-state index contributed by atoms with van der Waals surface area (Å²) >= 11 is 3.44. The lowest BCUT2D eigenvalue weighted by Gasteiger charge is -2.32. The second kappa shape index (κ2) is 7.39. The Hall–Kier alpha value is -0.410. The molecule has 1 aromatic carbocycles. The molecule has 1 N–H and O–H groups in total. The minimum atomic E-state index is -0.0593. The molecule has 1 saturated carbocycles. The molecule has 2 rings (SSSR count). The Morgan fingerprint density at radius 2 is 2.00 bits per heavy atom. The SMILES string of the molecule is CCNCC1CCCCC1Cc1cc(Br)ccc1F. The third kappa shape index (κ3) is 4.28. The van der Waals surface area contributed by atoms with Gasteiger partial charge in [-0.25, -0.2) is 4.39 Å². The molecule has 19 heavy (non-hydrogen) atoms. The molecule has 1 nitrogen and oxygen atoms in total. The van der Waals surface area contributed by atoms with Crippen LogP contribution in [0.25, 0.3) is 0 Å². The van der Waals surface area contributed by atoms with Crippen molar-refractivity contribution >= 4 is 15.9 Å². The first kappa shape index (κ1) is 15.0. The van der Waals surface area contributed by atoms with E-state index in [4.69, 9.17) is 0 Å². The maximum atomic E-state index is 13.9. The average molecular weight is 328 g/mol. The van der Waals surface area contributed by atoms with E-state index < -0.39 is 0 Å². The van der Waals surface area contributed by atoms with E-state index in [0.717, 1.165) is 29.5 Å². The molecular formula is C16H23BrFN. The van der Waals surface area contributed by atoms with E-state index in [-0.39, 0.29) is 5.82 Å². The highest BCUT2D eigenvalue weighted by molar-refractivity contribution is 9.10.